The van der Waals surface area contributed by atoms with Crippen LogP contribution in [0.3, 0.4) is 0 Å². The van der Waals surface area contributed by atoms with Crippen molar-refractivity contribution in [2.75, 3.05) is 42.9 Å². The van der Waals surface area contributed by atoms with Crippen molar-refractivity contribution in [3.63, 3.8) is 0 Å². The van der Waals surface area contributed by atoms with Gasteiger partial charge in [-0.25, -0.2) is 0 Å². The van der Waals surface area contributed by atoms with Gasteiger partial charge in [-0.15, -0.1) is 0 Å². The van der Waals surface area contributed by atoms with Crippen LogP contribution < -0.4 is 10.2 Å². The van der Waals surface area contributed by atoms with E-state index in [0.717, 1.165) is 6.07 Å². The average molecular weight is 443 g/mol. The number of hydrogen-bond acceptors (Lipinski definition) is 5. The van der Waals surface area contributed by atoms with Gasteiger partial charge in [0.2, 0.25) is 5.91 Å². The molecule has 1 N–H and O–H groups in total. The molecule has 160 valence electrons. The Hall–Kier alpha value is -2.85. The van der Waals surface area contributed by atoms with E-state index in [-0.39, 0.29) is 22.9 Å². The van der Waals surface area contributed by atoms with Gasteiger partial charge in [-0.2, -0.15) is 13.2 Å². The normalized spacial score (nSPS) is 15.1. The Morgan fingerprint density at radius 2 is 1.80 bits per heavy atom. The lowest BCUT2D eigenvalue weighted by Gasteiger charge is -2.36. The average Bonchev–Trinajstić information content (AvgIpc) is 2.68. The van der Waals surface area contributed by atoms with Crippen molar-refractivity contribution in [2.45, 2.75) is 6.18 Å². The number of anilines is 2. The van der Waals surface area contributed by atoms with Gasteiger partial charge in [-0.1, -0.05) is 23.7 Å². The number of carbonyl (C=O) groups excluding carboxylic acids is 1. The zero-order valence-corrected chi connectivity index (χ0v) is 16.4. The molecule has 0 aliphatic carbocycles. The molecule has 7 nitrogen and oxygen atoms in total. The number of nitro benzene ring substituents is 1. The first kappa shape index (κ1) is 21.8. The fourth-order valence-corrected chi connectivity index (χ4v) is 3.54. The summed E-state index contributed by atoms with van der Waals surface area (Å²) >= 11 is 6.15. The standard InChI is InChI=1S/C19H18ClF3N4O3/c20-15-11-13(27(29)30)5-6-17(15)26-9-7-25(8-10-26)12-18(28)24-16-4-2-1-3-14(16)19(21,22)23/h1-6,11H,7-10,12H2,(H,24,28). The maximum absolute atomic E-state index is 13.0. The van der Waals surface area contributed by atoms with E-state index in [1.165, 1.54) is 30.3 Å². The smallest absolute Gasteiger partial charge is 0.368 e. The van der Waals surface area contributed by atoms with Gasteiger partial charge < -0.3 is 10.2 Å². The molecule has 0 aromatic heterocycles. The minimum absolute atomic E-state index is 0.0476. The second-order valence-electron chi connectivity index (χ2n) is 6.75. The van der Waals surface area contributed by atoms with E-state index < -0.39 is 22.6 Å². The highest BCUT2D eigenvalue weighted by molar-refractivity contribution is 6.33. The molecule has 0 radical (unpaired) electrons. The minimum Gasteiger partial charge on any atom is -0.368 e. The molecular weight excluding hydrogens is 425 g/mol. The first-order valence-corrected chi connectivity index (χ1v) is 9.40. The van der Waals surface area contributed by atoms with Crippen LogP contribution >= 0.6 is 11.6 Å². The monoisotopic (exact) mass is 442 g/mol. The van der Waals surface area contributed by atoms with Crippen molar-refractivity contribution in [1.29, 1.82) is 0 Å². The number of nitrogens with zero attached hydrogens (tertiary/aromatic N) is 3. The van der Waals surface area contributed by atoms with E-state index in [2.05, 4.69) is 5.32 Å². The van der Waals surface area contributed by atoms with Crippen LogP contribution in [0.5, 0.6) is 0 Å². The van der Waals surface area contributed by atoms with Crippen molar-refractivity contribution in [1.82, 2.24) is 4.90 Å². The second kappa shape index (κ2) is 8.88. The summed E-state index contributed by atoms with van der Waals surface area (Å²) in [7, 11) is 0. The van der Waals surface area contributed by atoms with Crippen LogP contribution in [0.4, 0.5) is 30.2 Å². The van der Waals surface area contributed by atoms with E-state index >= 15 is 0 Å². The molecule has 1 fully saturated rings. The van der Waals surface area contributed by atoms with Crippen LogP contribution in [-0.2, 0) is 11.0 Å². The van der Waals surface area contributed by atoms with Crippen LogP contribution in [0.15, 0.2) is 42.5 Å². The Kier molecular flexibility index (Phi) is 6.47. The second-order valence-corrected chi connectivity index (χ2v) is 7.15. The molecule has 1 aliphatic heterocycles. The van der Waals surface area contributed by atoms with E-state index in [1.54, 1.807) is 6.07 Å². The first-order valence-electron chi connectivity index (χ1n) is 9.02. The molecule has 0 saturated carbocycles. The van der Waals surface area contributed by atoms with Crippen molar-refractivity contribution in [3.05, 3.63) is 63.2 Å². The number of para-hydroxylation sites is 1. The topological polar surface area (TPSA) is 78.7 Å². The number of rotatable bonds is 5. The summed E-state index contributed by atoms with van der Waals surface area (Å²) in [4.78, 5) is 26.3. The van der Waals surface area contributed by atoms with Crippen LogP contribution in [-0.4, -0.2) is 48.5 Å². The fourth-order valence-electron chi connectivity index (χ4n) is 3.24. The highest BCUT2D eigenvalue weighted by atomic mass is 35.5. The summed E-state index contributed by atoms with van der Waals surface area (Å²) in [5.74, 6) is -0.534. The molecule has 2 aromatic rings. The zero-order valence-electron chi connectivity index (χ0n) is 15.7. The summed E-state index contributed by atoms with van der Waals surface area (Å²) in [6, 6.07) is 9.07. The number of halogens is 4. The largest absolute Gasteiger partial charge is 0.418 e. The van der Waals surface area contributed by atoms with Crippen LogP contribution in [0.2, 0.25) is 5.02 Å². The zero-order chi connectivity index (χ0) is 21.9. The first-order chi connectivity index (χ1) is 14.1. The van der Waals surface area contributed by atoms with Gasteiger partial charge in [0, 0.05) is 38.3 Å². The SMILES string of the molecule is O=C(CN1CCN(c2ccc([N+](=O)[O-])cc2Cl)CC1)Nc1ccccc1C(F)(F)F. The summed E-state index contributed by atoms with van der Waals surface area (Å²) < 4.78 is 39.1. The third kappa shape index (κ3) is 5.19. The van der Waals surface area contributed by atoms with Gasteiger partial charge in [0.05, 0.1) is 33.4 Å². The Balaban J connectivity index is 1.57. The lowest BCUT2D eigenvalue weighted by molar-refractivity contribution is -0.384. The van der Waals surface area contributed by atoms with E-state index in [9.17, 15) is 28.1 Å². The molecule has 1 saturated heterocycles. The number of hydrogen-bond donors (Lipinski definition) is 1. The number of non-ortho nitro benzene ring substituents is 1. The Morgan fingerprint density at radius 1 is 1.13 bits per heavy atom. The maximum Gasteiger partial charge on any atom is 0.418 e. The molecule has 1 heterocycles. The Labute approximate surface area is 175 Å². The Morgan fingerprint density at radius 3 is 2.40 bits per heavy atom. The molecule has 2 aromatic carbocycles. The molecule has 1 amide bonds. The third-order valence-corrected chi connectivity index (χ3v) is 5.03. The molecule has 0 bridgehead atoms. The summed E-state index contributed by atoms with van der Waals surface area (Å²) in [5.41, 5.74) is -0.606. The molecular formula is C19H18ClF3N4O3. The molecule has 0 atom stereocenters. The van der Waals surface area contributed by atoms with E-state index in [1.807, 2.05) is 9.80 Å². The lowest BCUT2D eigenvalue weighted by atomic mass is 10.1. The van der Waals surface area contributed by atoms with Gasteiger partial charge in [-0.05, 0) is 18.2 Å². The maximum atomic E-state index is 13.0. The highest BCUT2D eigenvalue weighted by Crippen LogP contribution is 2.34. The van der Waals surface area contributed by atoms with Gasteiger partial charge in [0.25, 0.3) is 5.69 Å². The highest BCUT2D eigenvalue weighted by Gasteiger charge is 2.33. The number of amides is 1. The third-order valence-electron chi connectivity index (χ3n) is 4.73. The number of benzene rings is 2. The van der Waals surface area contributed by atoms with Crippen molar-refractivity contribution >= 4 is 34.6 Å². The van der Waals surface area contributed by atoms with Crippen LogP contribution in [0.1, 0.15) is 5.56 Å². The van der Waals surface area contributed by atoms with Crippen LogP contribution in [0.25, 0.3) is 0 Å². The Bertz CT molecular complexity index is 947. The molecule has 0 spiro atoms. The van der Waals surface area contributed by atoms with Gasteiger partial charge >= 0.3 is 6.18 Å². The lowest BCUT2D eigenvalue weighted by Crippen LogP contribution is -2.48. The number of nitro groups is 1. The number of carbonyl (C=O) groups is 1. The molecule has 11 heteroatoms. The quantitative estimate of drug-likeness (QED) is 0.558. The predicted octanol–water partition coefficient (Wildman–Crippen LogP) is 4.03. The minimum atomic E-state index is -4.56. The summed E-state index contributed by atoms with van der Waals surface area (Å²) in [6.07, 6.45) is -4.56. The molecule has 30 heavy (non-hydrogen) atoms. The molecule has 1 aliphatic rings. The van der Waals surface area contributed by atoms with Gasteiger partial charge in [0.1, 0.15) is 0 Å². The predicted molar refractivity (Wildman–Crippen MR) is 107 cm³/mol. The van der Waals surface area contributed by atoms with E-state index in [0.29, 0.717) is 31.9 Å². The number of alkyl halides is 3. The van der Waals surface area contributed by atoms with Crippen molar-refractivity contribution in [3.8, 4) is 0 Å². The van der Waals surface area contributed by atoms with Crippen molar-refractivity contribution in [2.24, 2.45) is 0 Å². The molecule has 3 rings (SSSR count). The summed E-state index contributed by atoms with van der Waals surface area (Å²) in [5, 5.41) is 13.4. The van der Waals surface area contributed by atoms with Gasteiger partial charge in [0.15, 0.2) is 0 Å². The molecule has 0 unspecified atom stereocenters. The van der Waals surface area contributed by atoms with Gasteiger partial charge in [-0.3, -0.25) is 19.8 Å². The van der Waals surface area contributed by atoms with E-state index in [4.69, 9.17) is 11.6 Å². The van der Waals surface area contributed by atoms with Crippen LogP contribution in [0, 0.1) is 10.1 Å². The fraction of sp³-hybridized carbons (Fsp3) is 0.316. The van der Waals surface area contributed by atoms with Crippen molar-refractivity contribution < 1.29 is 22.9 Å². The summed E-state index contributed by atoms with van der Waals surface area (Å²) in [6.45, 7) is 1.96. The number of piperazine rings is 1. The number of nitrogens with one attached hydrogen (secondary N) is 1.